The number of hydrogen-bond acceptors (Lipinski definition) is 4. The molecule has 8 heteroatoms. The van der Waals surface area contributed by atoms with E-state index in [1.807, 2.05) is 19.0 Å². The first kappa shape index (κ1) is 22.0. The molecule has 146 valence electrons. The lowest BCUT2D eigenvalue weighted by molar-refractivity contribution is -0.159. The minimum atomic E-state index is -1.82. The van der Waals surface area contributed by atoms with Gasteiger partial charge in [-0.1, -0.05) is 12.8 Å². The maximum absolute atomic E-state index is 13.9. The van der Waals surface area contributed by atoms with Crippen molar-refractivity contribution in [3.05, 3.63) is 35.4 Å². The van der Waals surface area contributed by atoms with Crippen LogP contribution in [0.25, 0.3) is 0 Å². The monoisotopic (exact) mass is 373 g/mol. The van der Waals surface area contributed by atoms with Gasteiger partial charge in [-0.2, -0.15) is 0 Å². The topological polar surface area (TPSA) is 98.1 Å². The van der Waals surface area contributed by atoms with Gasteiger partial charge in [0.15, 0.2) is 0 Å². The zero-order valence-corrected chi connectivity index (χ0v) is 14.9. The first-order chi connectivity index (χ1) is 12.1. The number of carboxylic acids is 2. The van der Waals surface area contributed by atoms with Crippen molar-refractivity contribution in [3.8, 4) is 0 Å². The van der Waals surface area contributed by atoms with Crippen LogP contribution in [0.1, 0.15) is 31.2 Å². The van der Waals surface area contributed by atoms with Gasteiger partial charge in [0.05, 0.1) is 6.10 Å². The minimum Gasteiger partial charge on any atom is -0.473 e. The van der Waals surface area contributed by atoms with Crippen LogP contribution in [0.5, 0.6) is 0 Å². The van der Waals surface area contributed by atoms with Crippen LogP contribution in [0, 0.1) is 17.0 Å². The fourth-order valence-corrected chi connectivity index (χ4v) is 3.42. The fraction of sp³-hybridized carbons (Fsp3) is 0.556. The Kier molecular flexibility index (Phi) is 8.10. The lowest BCUT2D eigenvalue weighted by Crippen LogP contribution is -2.47. The second-order valence-corrected chi connectivity index (χ2v) is 6.88. The van der Waals surface area contributed by atoms with Gasteiger partial charge in [-0.05, 0) is 57.1 Å². The molecule has 1 aromatic rings. The van der Waals surface area contributed by atoms with E-state index in [0.717, 1.165) is 31.7 Å². The Balaban J connectivity index is 0.000000487. The first-order valence-electron chi connectivity index (χ1n) is 8.30. The third kappa shape index (κ3) is 6.34. The molecule has 1 aliphatic rings. The van der Waals surface area contributed by atoms with E-state index in [0.29, 0.717) is 18.5 Å². The number of aliphatic hydroxyl groups excluding tert-OH is 1. The molecule has 26 heavy (non-hydrogen) atoms. The molecule has 1 aromatic carbocycles. The number of carboxylic acid groups (broad SMARTS) is 2. The molecule has 2 rings (SSSR count). The van der Waals surface area contributed by atoms with Crippen molar-refractivity contribution in [2.24, 2.45) is 5.41 Å². The SMILES string of the molecule is CN(C)CC1(Cc2cc(F)ccc2F)CCCCC1O.O=C(O)C(=O)O. The predicted molar refractivity (Wildman–Crippen MR) is 90.8 cm³/mol. The van der Waals surface area contributed by atoms with Crippen molar-refractivity contribution in [1.82, 2.24) is 4.90 Å². The highest BCUT2D eigenvalue weighted by molar-refractivity contribution is 6.27. The summed E-state index contributed by atoms with van der Waals surface area (Å²) in [5.74, 6) is -4.46. The van der Waals surface area contributed by atoms with Crippen molar-refractivity contribution in [3.63, 3.8) is 0 Å². The Morgan fingerprint density at radius 3 is 2.31 bits per heavy atom. The number of aliphatic hydroxyl groups is 1. The molecule has 0 spiro atoms. The van der Waals surface area contributed by atoms with Crippen molar-refractivity contribution < 1.29 is 33.7 Å². The van der Waals surface area contributed by atoms with E-state index in [1.165, 1.54) is 12.1 Å². The highest BCUT2D eigenvalue weighted by Crippen LogP contribution is 2.40. The minimum absolute atomic E-state index is 0.368. The van der Waals surface area contributed by atoms with Crippen LogP contribution >= 0.6 is 0 Å². The molecule has 0 saturated heterocycles. The molecule has 0 amide bonds. The van der Waals surface area contributed by atoms with Crippen LogP contribution in [0.3, 0.4) is 0 Å². The van der Waals surface area contributed by atoms with E-state index in [4.69, 9.17) is 19.8 Å². The van der Waals surface area contributed by atoms with Crippen LogP contribution < -0.4 is 0 Å². The van der Waals surface area contributed by atoms with Gasteiger partial charge in [-0.3, -0.25) is 0 Å². The second-order valence-electron chi connectivity index (χ2n) is 6.88. The summed E-state index contributed by atoms with van der Waals surface area (Å²) in [6.07, 6.45) is 3.55. The largest absolute Gasteiger partial charge is 0.473 e. The molecule has 0 bridgehead atoms. The molecular weight excluding hydrogens is 348 g/mol. The second kappa shape index (κ2) is 9.59. The standard InChI is InChI=1S/C16H23F2NO.C2H2O4/c1-19(2)11-16(8-4-3-5-15(16)20)10-12-9-13(17)6-7-14(12)18;3-1(4)2(5)6/h6-7,9,15,20H,3-5,8,10-11H2,1-2H3;(H,3,4)(H,5,6). The summed E-state index contributed by atoms with van der Waals surface area (Å²) >= 11 is 0. The van der Waals surface area contributed by atoms with Crippen molar-refractivity contribution in [2.45, 2.75) is 38.2 Å². The summed E-state index contributed by atoms with van der Waals surface area (Å²) in [4.78, 5) is 20.2. The van der Waals surface area contributed by atoms with Gasteiger partial charge in [-0.15, -0.1) is 0 Å². The molecule has 3 N–H and O–H groups in total. The smallest absolute Gasteiger partial charge is 0.414 e. The molecule has 2 unspecified atom stereocenters. The molecule has 0 radical (unpaired) electrons. The lowest BCUT2D eigenvalue weighted by atomic mass is 9.68. The van der Waals surface area contributed by atoms with Crippen molar-refractivity contribution >= 4 is 11.9 Å². The van der Waals surface area contributed by atoms with Gasteiger partial charge >= 0.3 is 11.9 Å². The van der Waals surface area contributed by atoms with E-state index in [-0.39, 0.29) is 11.2 Å². The molecule has 6 nitrogen and oxygen atoms in total. The quantitative estimate of drug-likeness (QED) is 0.700. The van der Waals surface area contributed by atoms with Crippen LogP contribution in [-0.2, 0) is 16.0 Å². The highest BCUT2D eigenvalue weighted by Gasteiger charge is 2.40. The molecule has 0 aliphatic heterocycles. The number of benzene rings is 1. The van der Waals surface area contributed by atoms with Crippen LogP contribution in [-0.4, -0.2) is 58.9 Å². The van der Waals surface area contributed by atoms with Gasteiger partial charge in [0.25, 0.3) is 0 Å². The van der Waals surface area contributed by atoms with Gasteiger partial charge in [-0.25, -0.2) is 18.4 Å². The maximum Gasteiger partial charge on any atom is 0.414 e. The first-order valence-corrected chi connectivity index (χ1v) is 8.30. The number of halogens is 2. The van der Waals surface area contributed by atoms with E-state index in [1.54, 1.807) is 0 Å². The number of hydrogen-bond donors (Lipinski definition) is 3. The Bertz CT molecular complexity index is 626. The van der Waals surface area contributed by atoms with E-state index < -0.39 is 23.9 Å². The Morgan fingerprint density at radius 2 is 1.81 bits per heavy atom. The number of carbonyl (C=O) groups is 2. The molecule has 1 fully saturated rings. The zero-order chi connectivity index (χ0) is 19.9. The summed E-state index contributed by atoms with van der Waals surface area (Å²) < 4.78 is 27.2. The summed E-state index contributed by atoms with van der Waals surface area (Å²) in [5.41, 5.74) is -0.0103. The number of nitrogens with zero attached hydrogens (tertiary/aromatic N) is 1. The van der Waals surface area contributed by atoms with Gasteiger partial charge in [0.1, 0.15) is 11.6 Å². The number of rotatable bonds is 4. The van der Waals surface area contributed by atoms with Crippen LogP contribution in [0.2, 0.25) is 0 Å². The summed E-state index contributed by atoms with van der Waals surface area (Å²) in [7, 11) is 3.90. The summed E-state index contributed by atoms with van der Waals surface area (Å²) in [6.45, 7) is 0.685. The zero-order valence-electron chi connectivity index (χ0n) is 14.9. The molecule has 0 heterocycles. The Labute approximate surface area is 151 Å². The van der Waals surface area contributed by atoms with Crippen molar-refractivity contribution in [1.29, 1.82) is 0 Å². The fourth-order valence-electron chi connectivity index (χ4n) is 3.42. The third-order valence-electron chi connectivity index (χ3n) is 4.47. The maximum atomic E-state index is 13.9. The Morgan fingerprint density at radius 1 is 1.19 bits per heavy atom. The van der Waals surface area contributed by atoms with E-state index in [2.05, 4.69) is 0 Å². The third-order valence-corrected chi connectivity index (χ3v) is 4.47. The summed E-state index contributed by atoms with van der Waals surface area (Å²) in [6, 6.07) is 3.56. The van der Waals surface area contributed by atoms with E-state index in [9.17, 15) is 13.9 Å². The van der Waals surface area contributed by atoms with Crippen LogP contribution in [0.15, 0.2) is 18.2 Å². The molecular formula is C18H25F2NO5. The average Bonchev–Trinajstić information content (AvgIpc) is 2.54. The molecule has 2 atom stereocenters. The molecule has 1 saturated carbocycles. The normalized spacial score (nSPS) is 22.5. The predicted octanol–water partition coefficient (Wildman–Crippen LogP) is 2.15. The van der Waals surface area contributed by atoms with Gasteiger partial charge in [0.2, 0.25) is 0 Å². The molecule has 0 aromatic heterocycles. The number of aliphatic carboxylic acids is 2. The average molecular weight is 373 g/mol. The van der Waals surface area contributed by atoms with Gasteiger partial charge in [0, 0.05) is 12.0 Å². The van der Waals surface area contributed by atoms with Gasteiger partial charge < -0.3 is 20.2 Å². The molecule has 1 aliphatic carbocycles. The van der Waals surface area contributed by atoms with Crippen LogP contribution in [0.4, 0.5) is 8.78 Å². The Hall–Kier alpha value is -2.06. The van der Waals surface area contributed by atoms with Crippen molar-refractivity contribution in [2.75, 3.05) is 20.6 Å². The highest BCUT2D eigenvalue weighted by atomic mass is 19.1. The van der Waals surface area contributed by atoms with E-state index >= 15 is 0 Å². The summed E-state index contributed by atoms with van der Waals surface area (Å²) in [5, 5.41) is 25.2. The lowest BCUT2D eigenvalue weighted by Gasteiger charge is -2.43.